The third-order valence-electron chi connectivity index (χ3n) is 1.65. The maximum absolute atomic E-state index is 12.9. The van der Waals surface area contributed by atoms with Crippen molar-refractivity contribution in [3.63, 3.8) is 0 Å². The van der Waals surface area contributed by atoms with E-state index >= 15 is 0 Å². The molecule has 7 heteroatoms. The average molecular weight is 308 g/mol. The van der Waals surface area contributed by atoms with E-state index in [1.165, 1.54) is 6.07 Å². The normalized spacial score (nSPS) is 13.2. The molecule has 2 N–H and O–H groups in total. The van der Waals surface area contributed by atoms with Crippen LogP contribution in [0.5, 0.6) is 0 Å². The van der Waals surface area contributed by atoms with Crippen molar-refractivity contribution in [2.24, 2.45) is 5.73 Å². The zero-order valence-electron chi connectivity index (χ0n) is 7.18. The summed E-state index contributed by atoms with van der Waals surface area (Å²) >= 11 is 2.94. The van der Waals surface area contributed by atoms with Crippen LogP contribution in [0.1, 0.15) is 11.6 Å². The summed E-state index contributed by atoms with van der Waals surface area (Å²) in [6, 6.07) is 0.973. The van der Waals surface area contributed by atoms with Crippen molar-refractivity contribution in [1.29, 1.82) is 0 Å². The molecule has 1 aromatic rings. The van der Waals surface area contributed by atoms with E-state index in [9.17, 15) is 17.6 Å². The average Bonchev–Trinajstić information content (AvgIpc) is 2.06. The molecule has 0 unspecified atom stereocenters. The van der Waals surface area contributed by atoms with Gasteiger partial charge in [0.1, 0.15) is 11.9 Å². The third-order valence-corrected chi connectivity index (χ3v) is 2.14. The van der Waals surface area contributed by atoms with Gasteiger partial charge < -0.3 is 5.73 Å². The van der Waals surface area contributed by atoms with Crippen molar-refractivity contribution >= 4 is 28.3 Å². The molecule has 86 valence electrons. The Morgan fingerprint density at radius 3 is 2.27 bits per heavy atom. The Hall–Kier alpha value is -0.330. The summed E-state index contributed by atoms with van der Waals surface area (Å²) in [5.74, 6) is -0.960. The lowest BCUT2D eigenvalue weighted by Crippen LogP contribution is -2.29. The number of rotatable bonds is 1. The van der Waals surface area contributed by atoms with Gasteiger partial charge in [-0.3, -0.25) is 0 Å². The minimum absolute atomic E-state index is 0. The van der Waals surface area contributed by atoms with E-state index in [4.69, 9.17) is 5.73 Å². The summed E-state index contributed by atoms with van der Waals surface area (Å²) in [4.78, 5) is 0. The van der Waals surface area contributed by atoms with Gasteiger partial charge in [0.25, 0.3) is 0 Å². The van der Waals surface area contributed by atoms with Crippen LogP contribution >= 0.6 is 28.3 Å². The van der Waals surface area contributed by atoms with E-state index in [1.54, 1.807) is 0 Å². The minimum Gasteiger partial charge on any atom is -0.316 e. The van der Waals surface area contributed by atoms with Crippen molar-refractivity contribution < 1.29 is 17.6 Å². The van der Waals surface area contributed by atoms with Crippen molar-refractivity contribution in [3.05, 3.63) is 34.1 Å². The summed E-state index contributed by atoms with van der Waals surface area (Å²) in [5, 5.41) is 0. The van der Waals surface area contributed by atoms with Gasteiger partial charge in [-0.25, -0.2) is 4.39 Å². The van der Waals surface area contributed by atoms with Crippen LogP contribution in [0.4, 0.5) is 17.6 Å². The molecule has 0 aliphatic carbocycles. The molecule has 0 aliphatic rings. The van der Waals surface area contributed by atoms with E-state index in [2.05, 4.69) is 15.9 Å². The molecular weight excluding hydrogens is 301 g/mol. The van der Waals surface area contributed by atoms with Gasteiger partial charge in [-0.1, -0.05) is 15.9 Å². The maximum Gasteiger partial charge on any atom is 0.407 e. The molecule has 0 fully saturated rings. The number of halogens is 6. The second-order valence-electron chi connectivity index (χ2n) is 2.69. The van der Waals surface area contributed by atoms with Crippen LogP contribution in [0.25, 0.3) is 0 Å². The highest BCUT2D eigenvalue weighted by Gasteiger charge is 2.39. The molecule has 0 radical (unpaired) electrons. The van der Waals surface area contributed by atoms with E-state index in [0.29, 0.717) is 4.47 Å². The largest absolute Gasteiger partial charge is 0.407 e. The van der Waals surface area contributed by atoms with Gasteiger partial charge in [0, 0.05) is 10.0 Å². The summed E-state index contributed by atoms with van der Waals surface area (Å²) in [5.41, 5.74) is 4.29. The van der Waals surface area contributed by atoms with Gasteiger partial charge in [0.05, 0.1) is 0 Å². The second kappa shape index (κ2) is 5.14. The van der Waals surface area contributed by atoms with E-state index in [-0.39, 0.29) is 12.4 Å². The van der Waals surface area contributed by atoms with Gasteiger partial charge in [-0.05, 0) is 18.2 Å². The first-order valence-electron chi connectivity index (χ1n) is 3.59. The van der Waals surface area contributed by atoms with Gasteiger partial charge in [-0.15, -0.1) is 12.4 Å². The standard InChI is InChI=1S/C8H6BrF4N.ClH/c9-4-1-2-6(10)5(3-4)7(14)8(11,12)13;/h1-3,7H,14H2;1H/t7-;/m1./s1. The number of hydrogen-bond acceptors (Lipinski definition) is 1. The van der Waals surface area contributed by atoms with Crippen molar-refractivity contribution in [3.8, 4) is 0 Å². The van der Waals surface area contributed by atoms with Crippen LogP contribution in [0.3, 0.4) is 0 Å². The topological polar surface area (TPSA) is 26.0 Å². The lowest BCUT2D eigenvalue weighted by atomic mass is 10.1. The van der Waals surface area contributed by atoms with Crippen LogP contribution in [-0.2, 0) is 0 Å². The van der Waals surface area contributed by atoms with Gasteiger partial charge in [0.2, 0.25) is 0 Å². The van der Waals surface area contributed by atoms with Crippen molar-refractivity contribution in [1.82, 2.24) is 0 Å². The lowest BCUT2D eigenvalue weighted by molar-refractivity contribution is -0.149. The zero-order valence-corrected chi connectivity index (χ0v) is 9.59. The first-order valence-corrected chi connectivity index (χ1v) is 4.39. The molecule has 0 amide bonds. The molecule has 1 atom stereocenters. The van der Waals surface area contributed by atoms with Gasteiger partial charge in [0.15, 0.2) is 0 Å². The smallest absolute Gasteiger partial charge is 0.316 e. The highest BCUT2D eigenvalue weighted by Crippen LogP contribution is 2.32. The summed E-state index contributed by atoms with van der Waals surface area (Å²) < 4.78 is 49.7. The SMILES string of the molecule is Cl.N[C@H](c1cc(Br)ccc1F)C(F)(F)F. The maximum atomic E-state index is 12.9. The molecule has 1 nitrogen and oxygen atoms in total. The predicted octanol–water partition coefficient (Wildman–Crippen LogP) is 3.57. The quantitative estimate of drug-likeness (QED) is 0.789. The molecular formula is C8H7BrClF4N. The molecule has 15 heavy (non-hydrogen) atoms. The molecule has 1 aromatic carbocycles. The zero-order chi connectivity index (χ0) is 10.9. The fourth-order valence-corrected chi connectivity index (χ4v) is 1.31. The molecule has 0 bridgehead atoms. The Morgan fingerprint density at radius 2 is 1.80 bits per heavy atom. The highest BCUT2D eigenvalue weighted by atomic mass is 79.9. The Kier molecular flexibility index (Phi) is 5.02. The summed E-state index contributed by atoms with van der Waals surface area (Å²) in [6.45, 7) is 0. The van der Waals surface area contributed by atoms with Crippen LogP contribution in [-0.4, -0.2) is 6.18 Å². The molecule has 0 aliphatic heterocycles. The Bertz CT molecular complexity index is 342. The number of benzene rings is 1. The fraction of sp³-hybridized carbons (Fsp3) is 0.250. The minimum atomic E-state index is -4.64. The third kappa shape index (κ3) is 3.62. The Morgan fingerprint density at radius 1 is 1.27 bits per heavy atom. The monoisotopic (exact) mass is 307 g/mol. The Labute approximate surface area is 98.2 Å². The van der Waals surface area contributed by atoms with Crippen LogP contribution in [0, 0.1) is 5.82 Å². The number of nitrogens with two attached hydrogens (primary N) is 1. The molecule has 0 saturated carbocycles. The molecule has 0 saturated heterocycles. The van der Waals surface area contributed by atoms with Gasteiger partial charge in [-0.2, -0.15) is 13.2 Å². The summed E-state index contributed by atoms with van der Waals surface area (Å²) in [7, 11) is 0. The predicted molar refractivity (Wildman–Crippen MR) is 54.3 cm³/mol. The van der Waals surface area contributed by atoms with Gasteiger partial charge >= 0.3 is 6.18 Å². The second-order valence-corrected chi connectivity index (χ2v) is 3.60. The number of hydrogen-bond donors (Lipinski definition) is 1. The van der Waals surface area contributed by atoms with E-state index in [1.807, 2.05) is 0 Å². The van der Waals surface area contributed by atoms with Crippen molar-refractivity contribution in [2.75, 3.05) is 0 Å². The molecule has 0 spiro atoms. The van der Waals surface area contributed by atoms with E-state index in [0.717, 1.165) is 12.1 Å². The van der Waals surface area contributed by atoms with Crippen LogP contribution in [0.2, 0.25) is 0 Å². The van der Waals surface area contributed by atoms with E-state index < -0.39 is 23.6 Å². The van der Waals surface area contributed by atoms with Crippen LogP contribution in [0.15, 0.2) is 22.7 Å². The lowest BCUT2D eigenvalue weighted by Gasteiger charge is -2.16. The summed E-state index contributed by atoms with van der Waals surface area (Å²) in [6.07, 6.45) is -4.64. The highest BCUT2D eigenvalue weighted by molar-refractivity contribution is 9.10. The van der Waals surface area contributed by atoms with Crippen molar-refractivity contribution in [2.45, 2.75) is 12.2 Å². The molecule has 0 heterocycles. The Balaban J connectivity index is 0.00000196. The molecule has 1 rings (SSSR count). The number of alkyl halides is 3. The van der Waals surface area contributed by atoms with Crippen LogP contribution < -0.4 is 5.73 Å². The molecule has 0 aromatic heterocycles. The fourth-order valence-electron chi connectivity index (χ4n) is 0.929. The first kappa shape index (κ1) is 14.7. The first-order chi connectivity index (χ1) is 6.32.